The van der Waals surface area contributed by atoms with Crippen LogP contribution in [0.2, 0.25) is 5.15 Å². The zero-order chi connectivity index (χ0) is 15.2. The van der Waals surface area contributed by atoms with Gasteiger partial charge in [-0.05, 0) is 0 Å². The molecular formula is C15H17ClN4O. The van der Waals surface area contributed by atoms with E-state index in [-0.39, 0.29) is 5.91 Å². The van der Waals surface area contributed by atoms with E-state index in [0.29, 0.717) is 29.8 Å². The molecule has 0 unspecified atom stereocenters. The monoisotopic (exact) mass is 304 g/mol. The Morgan fingerprint density at radius 1 is 1.29 bits per heavy atom. The molecule has 0 bridgehead atoms. The third-order valence-corrected chi connectivity index (χ3v) is 3.25. The van der Waals surface area contributed by atoms with Crippen LogP contribution in [0.25, 0.3) is 11.4 Å². The van der Waals surface area contributed by atoms with Crippen LogP contribution >= 0.6 is 11.6 Å². The van der Waals surface area contributed by atoms with Crippen molar-refractivity contribution >= 4 is 23.3 Å². The minimum atomic E-state index is -0.00899. The number of hydrogen-bond donors (Lipinski definition) is 1. The molecular weight excluding hydrogens is 288 g/mol. The van der Waals surface area contributed by atoms with Gasteiger partial charge in [-0.15, -0.1) is 0 Å². The van der Waals surface area contributed by atoms with Gasteiger partial charge < -0.3 is 10.2 Å². The molecule has 1 N–H and O–H groups in total. The highest BCUT2D eigenvalue weighted by Gasteiger charge is 2.10. The number of nitrogens with one attached hydrogen (secondary N) is 1. The number of halogens is 1. The molecule has 1 amide bonds. The summed E-state index contributed by atoms with van der Waals surface area (Å²) in [5, 5.41) is 2.98. The summed E-state index contributed by atoms with van der Waals surface area (Å²) < 4.78 is 0. The number of hydrogen-bond acceptors (Lipinski definition) is 4. The number of carbonyl (C=O) groups is 1. The van der Waals surface area contributed by atoms with E-state index in [1.807, 2.05) is 42.3 Å². The van der Waals surface area contributed by atoms with Crippen molar-refractivity contribution in [1.29, 1.82) is 0 Å². The summed E-state index contributed by atoms with van der Waals surface area (Å²) in [6.45, 7) is 0.557. The third-order valence-electron chi connectivity index (χ3n) is 3.06. The SMILES string of the molecule is CNC(=O)CCN(C)c1cc(Cl)nc(-c2ccccc2)n1. The maximum Gasteiger partial charge on any atom is 0.221 e. The lowest BCUT2D eigenvalue weighted by Crippen LogP contribution is -2.27. The predicted octanol–water partition coefficient (Wildman–Crippen LogP) is 2.37. The van der Waals surface area contributed by atoms with E-state index in [0.717, 1.165) is 5.56 Å². The lowest BCUT2D eigenvalue weighted by atomic mass is 10.2. The van der Waals surface area contributed by atoms with E-state index in [1.54, 1.807) is 13.1 Å². The summed E-state index contributed by atoms with van der Waals surface area (Å²) in [6.07, 6.45) is 0.398. The molecule has 1 heterocycles. The van der Waals surface area contributed by atoms with Crippen molar-refractivity contribution in [2.24, 2.45) is 0 Å². The molecule has 2 rings (SSSR count). The van der Waals surface area contributed by atoms with Crippen LogP contribution in [0.3, 0.4) is 0 Å². The Morgan fingerprint density at radius 3 is 2.67 bits per heavy atom. The summed E-state index contributed by atoms with van der Waals surface area (Å²) in [6, 6.07) is 11.3. The Morgan fingerprint density at radius 2 is 2.00 bits per heavy atom. The fraction of sp³-hybridized carbons (Fsp3) is 0.267. The number of benzene rings is 1. The van der Waals surface area contributed by atoms with Crippen LogP contribution in [0.4, 0.5) is 5.82 Å². The van der Waals surface area contributed by atoms with Gasteiger partial charge in [0, 0.05) is 38.7 Å². The van der Waals surface area contributed by atoms with Crippen molar-refractivity contribution < 1.29 is 4.79 Å². The second-order valence-corrected chi connectivity index (χ2v) is 4.97. The highest BCUT2D eigenvalue weighted by molar-refractivity contribution is 6.29. The zero-order valence-electron chi connectivity index (χ0n) is 12.0. The number of nitrogens with zero attached hydrogens (tertiary/aromatic N) is 3. The summed E-state index contributed by atoms with van der Waals surface area (Å²) in [4.78, 5) is 21.9. The zero-order valence-corrected chi connectivity index (χ0v) is 12.8. The largest absolute Gasteiger partial charge is 0.359 e. The molecule has 6 heteroatoms. The summed E-state index contributed by atoms with van der Waals surface area (Å²) >= 11 is 6.08. The van der Waals surface area contributed by atoms with Gasteiger partial charge in [0.25, 0.3) is 0 Å². The quantitative estimate of drug-likeness (QED) is 0.862. The van der Waals surface area contributed by atoms with Gasteiger partial charge in [-0.25, -0.2) is 9.97 Å². The number of anilines is 1. The van der Waals surface area contributed by atoms with Crippen LogP contribution < -0.4 is 10.2 Å². The average molecular weight is 305 g/mol. The first-order valence-corrected chi connectivity index (χ1v) is 6.99. The van der Waals surface area contributed by atoms with Crippen molar-refractivity contribution in [3.63, 3.8) is 0 Å². The molecule has 0 saturated carbocycles. The molecule has 0 aliphatic rings. The molecule has 0 aliphatic heterocycles. The van der Waals surface area contributed by atoms with Crippen LogP contribution in [-0.4, -0.2) is 36.5 Å². The first-order chi connectivity index (χ1) is 10.1. The maximum atomic E-state index is 11.3. The molecule has 0 aliphatic carbocycles. The van der Waals surface area contributed by atoms with E-state index in [2.05, 4.69) is 15.3 Å². The molecule has 5 nitrogen and oxygen atoms in total. The molecule has 0 saturated heterocycles. The van der Waals surface area contributed by atoms with Gasteiger partial charge in [-0.2, -0.15) is 0 Å². The second kappa shape index (κ2) is 7.04. The van der Waals surface area contributed by atoms with Crippen LogP contribution in [0.1, 0.15) is 6.42 Å². The summed E-state index contributed by atoms with van der Waals surface area (Å²) in [7, 11) is 3.49. The Hall–Kier alpha value is -2.14. The highest BCUT2D eigenvalue weighted by atomic mass is 35.5. The van der Waals surface area contributed by atoms with Gasteiger partial charge in [-0.3, -0.25) is 4.79 Å². The Bertz CT molecular complexity index is 618. The summed E-state index contributed by atoms with van der Waals surface area (Å²) in [5.74, 6) is 1.26. The minimum Gasteiger partial charge on any atom is -0.359 e. The van der Waals surface area contributed by atoms with Crippen molar-refractivity contribution in [2.45, 2.75) is 6.42 Å². The third kappa shape index (κ3) is 4.16. The van der Waals surface area contributed by atoms with Gasteiger partial charge in [-0.1, -0.05) is 41.9 Å². The van der Waals surface area contributed by atoms with E-state index in [1.165, 1.54) is 0 Å². The second-order valence-electron chi connectivity index (χ2n) is 4.58. The maximum absolute atomic E-state index is 11.3. The first kappa shape index (κ1) is 15.3. The fourth-order valence-corrected chi connectivity index (χ4v) is 2.00. The smallest absolute Gasteiger partial charge is 0.221 e. The lowest BCUT2D eigenvalue weighted by molar-refractivity contribution is -0.120. The number of rotatable bonds is 5. The molecule has 0 fully saturated rings. The molecule has 0 radical (unpaired) electrons. The number of amides is 1. The molecule has 110 valence electrons. The molecule has 21 heavy (non-hydrogen) atoms. The molecule has 0 atom stereocenters. The van der Waals surface area contributed by atoms with Gasteiger partial charge >= 0.3 is 0 Å². The normalized spacial score (nSPS) is 10.2. The molecule has 1 aromatic heterocycles. The predicted molar refractivity (Wildman–Crippen MR) is 84.4 cm³/mol. The van der Waals surface area contributed by atoms with Gasteiger partial charge in [0.15, 0.2) is 5.82 Å². The standard InChI is InChI=1S/C15H17ClN4O/c1-17-14(21)8-9-20(2)13-10-12(16)18-15(19-13)11-6-4-3-5-7-11/h3-7,10H,8-9H2,1-2H3,(H,17,21). The first-order valence-electron chi connectivity index (χ1n) is 6.62. The van der Waals surface area contributed by atoms with Crippen LogP contribution in [0.5, 0.6) is 0 Å². The fourth-order valence-electron chi connectivity index (χ4n) is 1.83. The van der Waals surface area contributed by atoms with Crippen molar-refractivity contribution in [1.82, 2.24) is 15.3 Å². The Kier molecular flexibility index (Phi) is 5.11. The molecule has 2 aromatic rings. The van der Waals surface area contributed by atoms with E-state index < -0.39 is 0 Å². The Labute approximate surface area is 129 Å². The number of aromatic nitrogens is 2. The molecule has 1 aromatic carbocycles. The topological polar surface area (TPSA) is 58.1 Å². The average Bonchev–Trinajstić information content (AvgIpc) is 2.52. The van der Waals surface area contributed by atoms with Crippen molar-refractivity contribution in [2.75, 3.05) is 25.5 Å². The molecule has 0 spiro atoms. The van der Waals surface area contributed by atoms with Gasteiger partial charge in [0.2, 0.25) is 5.91 Å². The van der Waals surface area contributed by atoms with Gasteiger partial charge in [0.05, 0.1) is 0 Å². The van der Waals surface area contributed by atoms with Crippen molar-refractivity contribution in [3.05, 3.63) is 41.6 Å². The lowest BCUT2D eigenvalue weighted by Gasteiger charge is -2.18. The van der Waals surface area contributed by atoms with Crippen molar-refractivity contribution in [3.8, 4) is 11.4 Å². The van der Waals surface area contributed by atoms with Gasteiger partial charge in [0.1, 0.15) is 11.0 Å². The van der Waals surface area contributed by atoms with Crippen LogP contribution in [-0.2, 0) is 4.79 Å². The Balaban J connectivity index is 2.21. The van der Waals surface area contributed by atoms with E-state index >= 15 is 0 Å². The number of carbonyl (C=O) groups excluding carboxylic acids is 1. The van der Waals surface area contributed by atoms with Crippen LogP contribution in [0.15, 0.2) is 36.4 Å². The minimum absolute atomic E-state index is 0.00899. The van der Waals surface area contributed by atoms with Crippen LogP contribution in [0, 0.1) is 0 Å². The van der Waals surface area contributed by atoms with E-state index in [9.17, 15) is 4.79 Å². The van der Waals surface area contributed by atoms with E-state index in [4.69, 9.17) is 11.6 Å². The summed E-state index contributed by atoms with van der Waals surface area (Å²) in [5.41, 5.74) is 0.904. The highest BCUT2D eigenvalue weighted by Crippen LogP contribution is 2.21.